The van der Waals surface area contributed by atoms with Gasteiger partial charge in [0.1, 0.15) is 5.60 Å². The molecule has 0 unspecified atom stereocenters. The van der Waals surface area contributed by atoms with Gasteiger partial charge >= 0.3 is 17.9 Å². The topological polar surface area (TPSA) is 89.9 Å². The van der Waals surface area contributed by atoms with Crippen LogP contribution in [-0.4, -0.2) is 35.2 Å². The van der Waals surface area contributed by atoms with Crippen LogP contribution in [0.1, 0.15) is 147 Å². The van der Waals surface area contributed by atoms with Crippen molar-refractivity contribution in [1.29, 1.82) is 0 Å². The zero-order chi connectivity index (χ0) is 29.5. The normalized spacial score (nSPS) is 15.8. The van der Waals surface area contributed by atoms with Crippen molar-refractivity contribution in [3.63, 3.8) is 0 Å². The minimum atomic E-state index is -0.757. The van der Waals surface area contributed by atoms with Gasteiger partial charge in [-0.3, -0.25) is 14.4 Å². The second kappa shape index (κ2) is 19.1. The van der Waals surface area contributed by atoms with Crippen LogP contribution in [0.3, 0.4) is 0 Å². The van der Waals surface area contributed by atoms with Gasteiger partial charge in [0.25, 0.3) is 0 Å². The first-order valence-electron chi connectivity index (χ1n) is 14.2. The van der Waals surface area contributed by atoms with Gasteiger partial charge in [0.2, 0.25) is 0 Å². The van der Waals surface area contributed by atoms with E-state index in [0.29, 0.717) is 6.61 Å². The molecule has 0 aromatic carbocycles. The molecule has 0 heterocycles. The van der Waals surface area contributed by atoms with Gasteiger partial charge < -0.3 is 14.6 Å². The third-order valence-corrected chi connectivity index (χ3v) is 5.75. The van der Waals surface area contributed by atoms with Crippen LogP contribution in [0.5, 0.6) is 0 Å². The summed E-state index contributed by atoms with van der Waals surface area (Å²) < 4.78 is 10.4. The monoisotopic (exact) mass is 584 g/mol. The molecule has 2 saturated carbocycles. The average molecular weight is 585 g/mol. The summed E-state index contributed by atoms with van der Waals surface area (Å²) in [5.74, 6) is -0.171. The van der Waals surface area contributed by atoms with Gasteiger partial charge in [-0.15, -0.1) is 0 Å². The summed E-state index contributed by atoms with van der Waals surface area (Å²) in [6, 6.07) is 0. The Kier molecular flexibility index (Phi) is 20.8. The Labute approximate surface area is 245 Å². The molecular formula is C31H60FeO6. The Balaban J connectivity index is -0.000000455. The van der Waals surface area contributed by atoms with Crippen molar-refractivity contribution in [2.45, 2.75) is 153 Å². The molecule has 0 aliphatic heterocycles. The molecule has 7 heteroatoms. The van der Waals surface area contributed by atoms with Crippen LogP contribution in [-0.2, 0) is 40.9 Å². The number of carbonyl (C=O) groups is 3. The number of rotatable bonds is 3. The molecule has 6 nitrogen and oxygen atoms in total. The van der Waals surface area contributed by atoms with Gasteiger partial charge in [0.15, 0.2) is 0 Å². The van der Waals surface area contributed by atoms with Crippen molar-refractivity contribution >= 4 is 17.9 Å². The van der Waals surface area contributed by atoms with E-state index in [9.17, 15) is 14.4 Å². The van der Waals surface area contributed by atoms with Gasteiger partial charge in [-0.1, -0.05) is 57.8 Å². The third-order valence-electron chi connectivity index (χ3n) is 5.75. The minimum Gasteiger partial charge on any atom is -0.481 e. The van der Waals surface area contributed by atoms with Crippen LogP contribution in [0.2, 0.25) is 0 Å². The number of esters is 2. The Bertz CT molecular complexity index is 642. The van der Waals surface area contributed by atoms with Crippen LogP contribution >= 0.6 is 0 Å². The molecule has 2 fully saturated rings. The van der Waals surface area contributed by atoms with E-state index in [4.69, 9.17) is 14.6 Å². The largest absolute Gasteiger partial charge is 0.481 e. The summed E-state index contributed by atoms with van der Waals surface area (Å²) in [5.41, 5.74) is -1.70. The molecule has 0 atom stereocenters. The van der Waals surface area contributed by atoms with Crippen LogP contribution in [0.25, 0.3) is 0 Å². The van der Waals surface area contributed by atoms with Gasteiger partial charge in [-0.25, -0.2) is 0 Å². The molecule has 0 spiro atoms. The number of hydrogen-bond acceptors (Lipinski definition) is 5. The number of hydrogen-bond donors (Lipinski definition) is 1. The molecule has 38 heavy (non-hydrogen) atoms. The van der Waals surface area contributed by atoms with Crippen LogP contribution < -0.4 is 0 Å². The maximum absolute atomic E-state index is 11.4. The Morgan fingerprint density at radius 3 is 1.21 bits per heavy atom. The molecule has 2 aliphatic rings. The van der Waals surface area contributed by atoms with Crippen molar-refractivity contribution in [3.05, 3.63) is 0 Å². The summed E-state index contributed by atoms with van der Waals surface area (Å²) in [6.07, 6.45) is 13.9. The molecule has 0 bridgehead atoms. The van der Waals surface area contributed by atoms with Crippen molar-refractivity contribution in [2.24, 2.45) is 22.2 Å². The number of carboxylic acid groups (broad SMARTS) is 1. The van der Waals surface area contributed by atoms with Gasteiger partial charge in [-0.2, -0.15) is 0 Å². The first-order chi connectivity index (χ1) is 16.6. The predicted molar refractivity (Wildman–Crippen MR) is 152 cm³/mol. The predicted octanol–water partition coefficient (Wildman–Crippen LogP) is 8.60. The van der Waals surface area contributed by atoms with Gasteiger partial charge in [0, 0.05) is 17.1 Å². The Hall–Kier alpha value is -1.07. The third kappa shape index (κ3) is 25.2. The fraction of sp³-hybridized carbons (Fsp3) is 0.903. The van der Waals surface area contributed by atoms with Crippen molar-refractivity contribution in [2.75, 3.05) is 6.61 Å². The summed E-state index contributed by atoms with van der Waals surface area (Å²) in [4.78, 5) is 32.7. The summed E-state index contributed by atoms with van der Waals surface area (Å²) in [6.45, 7) is 22.4. The summed E-state index contributed by atoms with van der Waals surface area (Å²) in [5, 5.41) is 8.25. The number of ether oxygens (including phenoxy) is 2. The van der Waals surface area contributed by atoms with E-state index in [0.717, 1.165) is 12.3 Å². The first-order valence-corrected chi connectivity index (χ1v) is 14.2. The number of carboxylic acids is 1. The fourth-order valence-electron chi connectivity index (χ4n) is 3.15. The maximum Gasteiger partial charge on any atom is 0.311 e. The molecule has 2 aliphatic carbocycles. The number of carbonyl (C=O) groups excluding carboxylic acids is 2. The van der Waals surface area contributed by atoms with E-state index in [-0.39, 0.29) is 40.0 Å². The fourth-order valence-corrected chi connectivity index (χ4v) is 3.15. The van der Waals surface area contributed by atoms with Crippen molar-refractivity contribution < 1.29 is 46.0 Å². The Morgan fingerprint density at radius 2 is 0.974 bits per heavy atom. The molecule has 2 rings (SSSR count). The van der Waals surface area contributed by atoms with Crippen LogP contribution in [0, 0.1) is 22.2 Å². The first kappa shape index (κ1) is 41.4. The molecule has 0 saturated heterocycles. The van der Waals surface area contributed by atoms with E-state index in [2.05, 4.69) is 0 Å². The summed E-state index contributed by atoms with van der Waals surface area (Å²) in [7, 11) is 0. The van der Waals surface area contributed by atoms with Crippen LogP contribution in [0.15, 0.2) is 0 Å². The molecule has 0 amide bonds. The summed E-state index contributed by atoms with van der Waals surface area (Å²) >= 11 is 0. The minimum absolute atomic E-state index is 0. The molecule has 1 N–H and O–H groups in total. The zero-order valence-electron chi connectivity index (χ0n) is 26.7. The standard InChI is InChI=1S/C12H22O2.C9H18O2.C5H10O2.C5H10.Fe/c1-12(2,3)11(13)14-9-8-10-6-4-5-7-10;1-8(2,3)7(10)11-9(4,5)6;1-5(2,3)4(6)7;1-2-4-5-3-1;/h10H,4-9H2,1-3H3;1-6H3;1-3H3,(H,6,7);1-5H2;. The molecule has 0 aromatic rings. The van der Waals surface area contributed by atoms with Gasteiger partial charge in [0.05, 0.1) is 22.9 Å². The van der Waals surface area contributed by atoms with E-state index >= 15 is 0 Å². The van der Waals surface area contributed by atoms with E-state index < -0.39 is 16.8 Å². The molecule has 0 aromatic heterocycles. The maximum atomic E-state index is 11.4. The van der Waals surface area contributed by atoms with E-state index in [1.807, 2.05) is 62.3 Å². The second-order valence-electron chi connectivity index (χ2n) is 14.4. The average Bonchev–Trinajstić information content (AvgIpc) is 3.42. The zero-order valence-corrected chi connectivity index (χ0v) is 27.8. The Morgan fingerprint density at radius 1 is 0.632 bits per heavy atom. The van der Waals surface area contributed by atoms with E-state index in [1.165, 1.54) is 57.8 Å². The smallest absolute Gasteiger partial charge is 0.311 e. The SMILES string of the molecule is C1CCCC1.CC(C)(C)C(=O)O.CC(C)(C)C(=O)OCCC1CCCC1.CC(C)(C)OC(=O)C(C)(C)C.[Fe]. The van der Waals surface area contributed by atoms with Crippen molar-refractivity contribution in [1.82, 2.24) is 0 Å². The molecular weight excluding hydrogens is 524 g/mol. The van der Waals surface area contributed by atoms with Crippen LogP contribution in [0.4, 0.5) is 0 Å². The molecule has 228 valence electrons. The number of aliphatic carboxylic acids is 1. The molecule has 0 radical (unpaired) electrons. The quantitative estimate of drug-likeness (QED) is 0.264. The second-order valence-corrected chi connectivity index (χ2v) is 14.4. The van der Waals surface area contributed by atoms with Gasteiger partial charge in [-0.05, 0) is 95.4 Å². The van der Waals surface area contributed by atoms with E-state index in [1.54, 1.807) is 20.8 Å². The van der Waals surface area contributed by atoms with Crippen molar-refractivity contribution in [3.8, 4) is 0 Å².